The third-order valence-electron chi connectivity index (χ3n) is 6.60. The van der Waals surface area contributed by atoms with Gasteiger partial charge in [-0.25, -0.2) is 0 Å². The molecule has 1 aliphatic heterocycles. The lowest BCUT2D eigenvalue weighted by atomic mass is 9.83. The van der Waals surface area contributed by atoms with E-state index in [0.717, 1.165) is 25.7 Å². The summed E-state index contributed by atoms with van der Waals surface area (Å²) in [7, 11) is 0. The van der Waals surface area contributed by atoms with Crippen molar-refractivity contribution in [2.45, 2.75) is 135 Å². The van der Waals surface area contributed by atoms with E-state index in [1.807, 2.05) is 0 Å². The molecule has 0 aromatic carbocycles. The van der Waals surface area contributed by atoms with Crippen LogP contribution in [-0.2, 0) is 14.3 Å². The van der Waals surface area contributed by atoms with E-state index in [4.69, 9.17) is 9.47 Å². The second-order valence-electron chi connectivity index (χ2n) is 9.15. The van der Waals surface area contributed by atoms with Gasteiger partial charge in [0.15, 0.2) is 0 Å². The zero-order chi connectivity index (χ0) is 19.4. The SMILES string of the molecule is CCCCCCCCCCCCCCCCOC(=O)C1CCC2(C)O[C@H]2C1. The number of carbonyl (C=O) groups excluding carboxylic acids is 1. The summed E-state index contributed by atoms with van der Waals surface area (Å²) in [4.78, 5) is 12.1. The minimum atomic E-state index is 0.0160. The molecule has 2 unspecified atom stereocenters. The van der Waals surface area contributed by atoms with E-state index in [-0.39, 0.29) is 17.5 Å². The molecule has 27 heavy (non-hydrogen) atoms. The number of carbonyl (C=O) groups is 1. The van der Waals surface area contributed by atoms with Crippen molar-refractivity contribution in [1.82, 2.24) is 0 Å². The van der Waals surface area contributed by atoms with Gasteiger partial charge in [0.05, 0.1) is 24.2 Å². The molecule has 3 atom stereocenters. The first kappa shape index (κ1) is 22.7. The van der Waals surface area contributed by atoms with Gasteiger partial charge in [-0.15, -0.1) is 0 Å². The summed E-state index contributed by atoms with van der Waals surface area (Å²) in [6.07, 6.45) is 22.1. The molecule has 2 rings (SSSR count). The summed E-state index contributed by atoms with van der Waals surface area (Å²) < 4.78 is 11.2. The molecule has 0 bridgehead atoms. The zero-order valence-corrected chi connectivity index (χ0v) is 18.1. The van der Waals surface area contributed by atoms with Crippen LogP contribution in [0.5, 0.6) is 0 Å². The monoisotopic (exact) mass is 380 g/mol. The summed E-state index contributed by atoms with van der Waals surface area (Å²) >= 11 is 0. The second kappa shape index (κ2) is 12.8. The standard InChI is InChI=1S/C24H44O3/c1-3-4-5-6-7-8-9-10-11-12-13-14-15-16-19-26-23(25)21-17-18-24(2)22(20-21)27-24/h21-22H,3-20H2,1-2H3/t21?,22-,24?/m0/s1. The van der Waals surface area contributed by atoms with Crippen LogP contribution in [0.1, 0.15) is 123 Å². The smallest absolute Gasteiger partial charge is 0.309 e. The highest BCUT2D eigenvalue weighted by Crippen LogP contribution is 2.49. The molecular formula is C24H44O3. The number of hydrogen-bond acceptors (Lipinski definition) is 3. The molecule has 1 aliphatic carbocycles. The normalized spacial score (nSPS) is 26.6. The van der Waals surface area contributed by atoms with Gasteiger partial charge >= 0.3 is 5.97 Å². The van der Waals surface area contributed by atoms with Gasteiger partial charge in [-0.1, -0.05) is 90.4 Å². The van der Waals surface area contributed by atoms with E-state index in [1.54, 1.807) is 0 Å². The Morgan fingerprint density at radius 2 is 1.41 bits per heavy atom. The first-order chi connectivity index (χ1) is 13.2. The van der Waals surface area contributed by atoms with Crippen molar-refractivity contribution in [1.29, 1.82) is 0 Å². The Labute approximate surface area is 168 Å². The predicted octanol–water partition coefficient (Wildman–Crippen LogP) is 6.97. The quantitative estimate of drug-likeness (QED) is 0.165. The average Bonchev–Trinajstić information content (AvgIpc) is 3.35. The lowest BCUT2D eigenvalue weighted by Gasteiger charge is -2.20. The van der Waals surface area contributed by atoms with Crippen LogP contribution >= 0.6 is 0 Å². The summed E-state index contributed by atoms with van der Waals surface area (Å²) in [5.74, 6) is 0.0967. The van der Waals surface area contributed by atoms with Crippen molar-refractivity contribution >= 4 is 5.97 Å². The molecule has 3 heteroatoms. The fourth-order valence-electron chi connectivity index (χ4n) is 4.45. The van der Waals surface area contributed by atoms with Crippen LogP contribution in [0.15, 0.2) is 0 Å². The zero-order valence-electron chi connectivity index (χ0n) is 18.1. The highest BCUT2D eigenvalue weighted by atomic mass is 16.6. The predicted molar refractivity (Wildman–Crippen MR) is 112 cm³/mol. The van der Waals surface area contributed by atoms with Crippen molar-refractivity contribution in [3.63, 3.8) is 0 Å². The number of rotatable bonds is 16. The second-order valence-corrected chi connectivity index (χ2v) is 9.15. The van der Waals surface area contributed by atoms with E-state index >= 15 is 0 Å². The van der Waals surface area contributed by atoms with Crippen molar-refractivity contribution in [3.05, 3.63) is 0 Å². The van der Waals surface area contributed by atoms with Gasteiger partial charge in [-0.05, 0) is 32.6 Å². The van der Waals surface area contributed by atoms with E-state index < -0.39 is 0 Å². The molecule has 0 spiro atoms. The number of ether oxygens (including phenoxy) is 2. The van der Waals surface area contributed by atoms with Gasteiger partial charge in [0.1, 0.15) is 0 Å². The Kier molecular flexibility index (Phi) is 10.8. The first-order valence-corrected chi connectivity index (χ1v) is 12.0. The lowest BCUT2D eigenvalue weighted by Crippen LogP contribution is -2.28. The molecule has 1 heterocycles. The molecule has 158 valence electrons. The number of unbranched alkanes of at least 4 members (excludes halogenated alkanes) is 13. The van der Waals surface area contributed by atoms with Gasteiger partial charge in [-0.2, -0.15) is 0 Å². The van der Waals surface area contributed by atoms with Gasteiger partial charge in [0.2, 0.25) is 0 Å². The Morgan fingerprint density at radius 3 is 1.93 bits per heavy atom. The number of hydrogen-bond donors (Lipinski definition) is 0. The van der Waals surface area contributed by atoms with Crippen LogP contribution in [0, 0.1) is 5.92 Å². The largest absolute Gasteiger partial charge is 0.465 e. The van der Waals surface area contributed by atoms with E-state index in [1.165, 1.54) is 83.5 Å². The minimum absolute atomic E-state index is 0.0160. The number of epoxide rings is 1. The number of esters is 1. The molecule has 3 nitrogen and oxygen atoms in total. The molecule has 0 amide bonds. The lowest BCUT2D eigenvalue weighted by molar-refractivity contribution is -0.149. The summed E-state index contributed by atoms with van der Waals surface area (Å²) in [6.45, 7) is 5.05. The Morgan fingerprint density at radius 1 is 0.889 bits per heavy atom. The molecule has 1 saturated heterocycles. The topological polar surface area (TPSA) is 38.8 Å². The summed E-state index contributed by atoms with van der Waals surface area (Å²) in [6, 6.07) is 0. The third kappa shape index (κ3) is 8.98. The van der Waals surface area contributed by atoms with Gasteiger partial charge in [-0.3, -0.25) is 4.79 Å². The molecule has 1 saturated carbocycles. The van der Waals surface area contributed by atoms with E-state index in [2.05, 4.69) is 13.8 Å². The van der Waals surface area contributed by atoms with Crippen molar-refractivity contribution in [2.24, 2.45) is 5.92 Å². The van der Waals surface area contributed by atoms with Crippen LogP contribution in [-0.4, -0.2) is 24.3 Å². The van der Waals surface area contributed by atoms with E-state index in [9.17, 15) is 4.79 Å². The molecule has 0 radical (unpaired) electrons. The van der Waals surface area contributed by atoms with Gasteiger partial charge in [0, 0.05) is 0 Å². The van der Waals surface area contributed by atoms with Crippen molar-refractivity contribution < 1.29 is 14.3 Å². The number of fused-ring (bicyclic) bond motifs is 1. The maximum atomic E-state index is 12.1. The van der Waals surface area contributed by atoms with Crippen molar-refractivity contribution in [2.75, 3.05) is 6.61 Å². The van der Waals surface area contributed by atoms with Crippen LogP contribution in [0.3, 0.4) is 0 Å². The minimum Gasteiger partial charge on any atom is -0.465 e. The molecular weight excluding hydrogens is 336 g/mol. The summed E-state index contributed by atoms with van der Waals surface area (Å²) in [5, 5.41) is 0. The van der Waals surface area contributed by atoms with Crippen LogP contribution in [0.2, 0.25) is 0 Å². The Hall–Kier alpha value is -0.570. The molecule has 0 aromatic heterocycles. The fourth-order valence-corrected chi connectivity index (χ4v) is 4.45. The highest BCUT2D eigenvalue weighted by molar-refractivity contribution is 5.72. The molecule has 2 fully saturated rings. The Bertz CT molecular complexity index is 408. The highest BCUT2D eigenvalue weighted by Gasteiger charge is 2.56. The van der Waals surface area contributed by atoms with Crippen LogP contribution < -0.4 is 0 Å². The molecule has 0 aromatic rings. The van der Waals surface area contributed by atoms with Crippen molar-refractivity contribution in [3.8, 4) is 0 Å². The fraction of sp³-hybridized carbons (Fsp3) is 0.958. The summed E-state index contributed by atoms with van der Waals surface area (Å²) in [5.41, 5.74) is 0.0887. The van der Waals surface area contributed by atoms with Crippen LogP contribution in [0.4, 0.5) is 0 Å². The third-order valence-corrected chi connectivity index (χ3v) is 6.60. The van der Waals surface area contributed by atoms with Gasteiger partial charge in [0.25, 0.3) is 0 Å². The average molecular weight is 381 g/mol. The maximum absolute atomic E-state index is 12.1. The first-order valence-electron chi connectivity index (χ1n) is 12.0. The van der Waals surface area contributed by atoms with Crippen LogP contribution in [0.25, 0.3) is 0 Å². The van der Waals surface area contributed by atoms with E-state index in [0.29, 0.717) is 12.7 Å². The Balaban J connectivity index is 1.29. The molecule has 2 aliphatic rings. The maximum Gasteiger partial charge on any atom is 0.309 e. The molecule has 0 N–H and O–H groups in total. The van der Waals surface area contributed by atoms with Gasteiger partial charge < -0.3 is 9.47 Å².